The predicted molar refractivity (Wildman–Crippen MR) is 183 cm³/mol. The number of hydrogen-bond donors (Lipinski definition) is 0. The summed E-state index contributed by atoms with van der Waals surface area (Å²) in [5, 5.41) is 0. The van der Waals surface area contributed by atoms with Gasteiger partial charge in [0.2, 0.25) is 0 Å². The first-order chi connectivity index (χ1) is 21.8. The molecule has 6 heteroatoms. The van der Waals surface area contributed by atoms with Crippen molar-refractivity contribution in [3.63, 3.8) is 0 Å². The Bertz CT molecular complexity index is 1810. The van der Waals surface area contributed by atoms with Gasteiger partial charge in [-0.3, -0.25) is 4.98 Å². The van der Waals surface area contributed by atoms with E-state index in [1.807, 2.05) is 66.9 Å². The van der Waals surface area contributed by atoms with E-state index in [0.29, 0.717) is 5.82 Å². The van der Waals surface area contributed by atoms with Crippen LogP contribution < -0.4 is 5.46 Å². The summed E-state index contributed by atoms with van der Waals surface area (Å²) in [6.07, 6.45) is 1.90. The van der Waals surface area contributed by atoms with Gasteiger partial charge in [0.05, 0.1) is 28.3 Å². The second-order valence-electron chi connectivity index (χ2n) is 12.4. The zero-order valence-corrected chi connectivity index (χ0v) is 25.9. The van der Waals surface area contributed by atoms with Gasteiger partial charge in [0.25, 0.3) is 0 Å². The third-order valence-electron chi connectivity index (χ3n) is 8.84. The summed E-state index contributed by atoms with van der Waals surface area (Å²) in [5.41, 5.74) is 8.97. The van der Waals surface area contributed by atoms with Crippen LogP contribution in [0.1, 0.15) is 27.7 Å². The highest BCUT2D eigenvalue weighted by atomic mass is 16.7. The zero-order chi connectivity index (χ0) is 31.0. The molecule has 0 saturated carbocycles. The highest BCUT2D eigenvalue weighted by molar-refractivity contribution is 6.62. The molecule has 0 atom stereocenters. The molecule has 0 N–H and O–H groups in total. The van der Waals surface area contributed by atoms with Crippen LogP contribution in [0.5, 0.6) is 0 Å². The van der Waals surface area contributed by atoms with E-state index < -0.39 is 18.3 Å². The first-order valence-corrected chi connectivity index (χ1v) is 15.3. The minimum absolute atomic E-state index is 0.401. The van der Waals surface area contributed by atoms with Gasteiger partial charge in [-0.25, -0.2) is 9.97 Å². The largest absolute Gasteiger partial charge is 0.494 e. The van der Waals surface area contributed by atoms with Crippen molar-refractivity contribution in [2.45, 2.75) is 38.9 Å². The number of benzene rings is 4. The first kappa shape index (κ1) is 28.8. The van der Waals surface area contributed by atoms with Crippen LogP contribution in [0.15, 0.2) is 134 Å². The Balaban J connectivity index is 1.25. The van der Waals surface area contributed by atoms with Crippen molar-refractivity contribution in [3.8, 4) is 56.3 Å². The Kier molecular flexibility index (Phi) is 7.40. The predicted octanol–water partition coefficient (Wildman–Crippen LogP) is 8.51. The molecule has 1 fully saturated rings. The molecule has 1 aliphatic rings. The molecule has 7 rings (SSSR count). The highest BCUT2D eigenvalue weighted by Crippen LogP contribution is 2.37. The van der Waals surface area contributed by atoms with E-state index in [0.717, 1.165) is 50.4 Å². The van der Waals surface area contributed by atoms with Gasteiger partial charge in [0.15, 0.2) is 5.82 Å². The van der Waals surface area contributed by atoms with E-state index in [2.05, 4.69) is 94.4 Å². The van der Waals surface area contributed by atoms with Gasteiger partial charge in [-0.2, -0.15) is 0 Å². The van der Waals surface area contributed by atoms with Crippen LogP contribution in [-0.2, 0) is 9.31 Å². The molecule has 0 radical (unpaired) electrons. The lowest BCUT2D eigenvalue weighted by atomic mass is 9.79. The number of pyridine rings is 1. The molecule has 0 bridgehead atoms. The van der Waals surface area contributed by atoms with Crippen molar-refractivity contribution in [3.05, 3.63) is 134 Å². The lowest BCUT2D eigenvalue weighted by molar-refractivity contribution is 0.00578. The summed E-state index contributed by atoms with van der Waals surface area (Å²) < 4.78 is 12.5. The molecule has 4 aromatic carbocycles. The zero-order valence-electron chi connectivity index (χ0n) is 25.9. The van der Waals surface area contributed by atoms with Crippen LogP contribution in [0.2, 0.25) is 0 Å². The summed E-state index contributed by atoms with van der Waals surface area (Å²) in [6, 6.07) is 43.4. The fourth-order valence-electron chi connectivity index (χ4n) is 5.43. The van der Waals surface area contributed by atoms with Gasteiger partial charge in [0.1, 0.15) is 0 Å². The van der Waals surface area contributed by atoms with E-state index in [4.69, 9.17) is 24.3 Å². The summed E-state index contributed by atoms with van der Waals surface area (Å²) in [6.45, 7) is 8.26. The van der Waals surface area contributed by atoms with Crippen molar-refractivity contribution >= 4 is 12.6 Å². The van der Waals surface area contributed by atoms with Crippen molar-refractivity contribution in [2.24, 2.45) is 0 Å². The number of nitrogens with zero attached hydrogens (tertiary/aromatic N) is 3. The summed E-state index contributed by atoms with van der Waals surface area (Å²) >= 11 is 0. The van der Waals surface area contributed by atoms with Crippen LogP contribution in [0.3, 0.4) is 0 Å². The number of hydrogen-bond acceptors (Lipinski definition) is 5. The van der Waals surface area contributed by atoms with Gasteiger partial charge >= 0.3 is 7.12 Å². The second-order valence-corrected chi connectivity index (χ2v) is 12.4. The highest BCUT2D eigenvalue weighted by Gasteiger charge is 2.51. The van der Waals surface area contributed by atoms with Crippen LogP contribution >= 0.6 is 0 Å². The smallest absolute Gasteiger partial charge is 0.399 e. The summed E-state index contributed by atoms with van der Waals surface area (Å²) in [4.78, 5) is 14.9. The molecular weight excluding hydrogens is 553 g/mol. The molecule has 3 heterocycles. The molecule has 1 aliphatic heterocycles. The SMILES string of the molecule is CC1(C)OB(c2ccc(-c3nc(-c4ccc(-c5ccccc5)cc4)cc(-c4ccc(-c5ccccc5)cn4)n3)cc2)OC1(C)C. The van der Waals surface area contributed by atoms with E-state index in [1.54, 1.807) is 0 Å². The molecule has 0 aliphatic carbocycles. The molecule has 45 heavy (non-hydrogen) atoms. The Morgan fingerprint density at radius 2 is 0.956 bits per heavy atom. The Labute approximate surface area is 265 Å². The fourth-order valence-corrected chi connectivity index (χ4v) is 5.43. The van der Waals surface area contributed by atoms with Crippen LogP contribution in [-0.4, -0.2) is 33.3 Å². The topological polar surface area (TPSA) is 57.1 Å². The number of rotatable bonds is 6. The van der Waals surface area contributed by atoms with Crippen LogP contribution in [0.4, 0.5) is 0 Å². The average molecular weight is 588 g/mol. The van der Waals surface area contributed by atoms with Crippen molar-refractivity contribution in [2.75, 3.05) is 0 Å². The normalized spacial score (nSPS) is 15.2. The minimum Gasteiger partial charge on any atom is -0.399 e. The molecule has 1 saturated heterocycles. The van der Waals surface area contributed by atoms with Crippen LogP contribution in [0, 0.1) is 0 Å². The molecule has 0 amide bonds. The third-order valence-corrected chi connectivity index (χ3v) is 8.84. The quantitative estimate of drug-likeness (QED) is 0.183. The molecule has 2 aromatic heterocycles. The van der Waals surface area contributed by atoms with Crippen molar-refractivity contribution in [1.29, 1.82) is 0 Å². The summed E-state index contributed by atoms with van der Waals surface area (Å²) in [7, 11) is -0.428. The van der Waals surface area contributed by atoms with Gasteiger partial charge < -0.3 is 9.31 Å². The van der Waals surface area contributed by atoms with E-state index in [9.17, 15) is 0 Å². The first-order valence-electron chi connectivity index (χ1n) is 15.3. The number of aromatic nitrogens is 3. The standard InChI is InChI=1S/C39H34BN3O2/c1-38(2)39(3,4)45-40(44-38)33-22-19-31(20-23-33)37-42-35(30-17-15-29(16-18-30)27-11-7-5-8-12-27)25-36(43-37)34-24-21-32(26-41-34)28-13-9-6-10-14-28/h5-26H,1-4H3. The molecule has 220 valence electrons. The van der Waals surface area contributed by atoms with Crippen LogP contribution in [0.25, 0.3) is 56.3 Å². The summed E-state index contributed by atoms with van der Waals surface area (Å²) in [5.74, 6) is 0.629. The van der Waals surface area contributed by atoms with Gasteiger partial charge in [-0.1, -0.05) is 115 Å². The monoisotopic (exact) mass is 587 g/mol. The average Bonchev–Trinajstić information content (AvgIpc) is 3.31. The lowest BCUT2D eigenvalue weighted by Gasteiger charge is -2.32. The molecule has 0 unspecified atom stereocenters. The molecule has 6 aromatic rings. The van der Waals surface area contributed by atoms with Crippen molar-refractivity contribution < 1.29 is 9.31 Å². The Hall–Kier alpha value is -4.91. The molecule has 0 spiro atoms. The lowest BCUT2D eigenvalue weighted by Crippen LogP contribution is -2.41. The van der Waals surface area contributed by atoms with Crippen molar-refractivity contribution in [1.82, 2.24) is 15.0 Å². The van der Waals surface area contributed by atoms with Gasteiger partial charge in [0, 0.05) is 22.9 Å². The maximum atomic E-state index is 6.27. The molecule has 5 nitrogen and oxygen atoms in total. The second kappa shape index (κ2) is 11.5. The Morgan fingerprint density at radius 3 is 1.53 bits per heavy atom. The maximum Gasteiger partial charge on any atom is 0.494 e. The third kappa shape index (κ3) is 5.83. The molecular formula is C39H34BN3O2. The van der Waals surface area contributed by atoms with E-state index in [-0.39, 0.29) is 0 Å². The van der Waals surface area contributed by atoms with Gasteiger partial charge in [-0.15, -0.1) is 0 Å². The minimum atomic E-state index is -0.428. The van der Waals surface area contributed by atoms with E-state index >= 15 is 0 Å². The van der Waals surface area contributed by atoms with E-state index in [1.165, 1.54) is 5.56 Å². The maximum absolute atomic E-state index is 6.27. The van der Waals surface area contributed by atoms with Gasteiger partial charge in [-0.05, 0) is 62.0 Å². The Morgan fingerprint density at radius 1 is 0.467 bits per heavy atom. The fraction of sp³-hybridized carbons (Fsp3) is 0.154.